The minimum atomic E-state index is -4.04. The highest BCUT2D eigenvalue weighted by Crippen LogP contribution is 2.26. The summed E-state index contributed by atoms with van der Waals surface area (Å²) in [5, 5.41) is 7.10. The van der Waals surface area contributed by atoms with Crippen LogP contribution in [0.1, 0.15) is 36.5 Å². The molecule has 0 atom stereocenters. The Morgan fingerprint density at radius 1 is 0.909 bits per heavy atom. The zero-order valence-corrected chi connectivity index (χ0v) is 26.1. The first-order chi connectivity index (χ1) is 21.0. The highest BCUT2D eigenvalue weighted by atomic mass is 35.5. The Bertz CT molecular complexity index is 1720. The van der Waals surface area contributed by atoms with Crippen LogP contribution in [-0.2, 0) is 19.6 Å². The summed E-state index contributed by atoms with van der Waals surface area (Å²) in [4.78, 5) is 25.1. The zero-order chi connectivity index (χ0) is 31.7. The van der Waals surface area contributed by atoms with E-state index in [-0.39, 0.29) is 23.3 Å². The molecular weight excluding hydrogens is 600 g/mol. The molecule has 4 aromatic rings. The molecule has 0 radical (unpaired) electrons. The Morgan fingerprint density at radius 2 is 1.57 bits per heavy atom. The first-order valence-corrected chi connectivity index (χ1v) is 15.6. The second-order valence-corrected chi connectivity index (χ2v) is 12.5. The average Bonchev–Trinajstić information content (AvgIpc) is 3.01. The number of anilines is 2. The molecule has 0 aliphatic heterocycles. The SMILES string of the molecule is Cc1ccc(S(=O)(=O)N(CC(=O)N/N=C\c2ccc(OCC(=O)Nc3ccccc3Cl)cc2)c2ccc(C(C)C)cc2)cc1. The molecule has 0 aliphatic carbocycles. The molecule has 2 amide bonds. The molecule has 0 spiro atoms. The van der Waals surface area contributed by atoms with Crippen molar-refractivity contribution in [2.45, 2.75) is 31.6 Å². The third kappa shape index (κ3) is 8.68. The van der Waals surface area contributed by atoms with Gasteiger partial charge in [-0.2, -0.15) is 5.10 Å². The van der Waals surface area contributed by atoms with Gasteiger partial charge in [0, 0.05) is 0 Å². The number of hydrazone groups is 1. The minimum absolute atomic E-state index is 0.0796. The number of para-hydroxylation sites is 1. The van der Waals surface area contributed by atoms with E-state index in [9.17, 15) is 18.0 Å². The number of nitrogens with zero attached hydrogens (tertiary/aromatic N) is 2. The van der Waals surface area contributed by atoms with Gasteiger partial charge in [-0.3, -0.25) is 13.9 Å². The van der Waals surface area contributed by atoms with Crippen molar-refractivity contribution in [1.29, 1.82) is 0 Å². The quantitative estimate of drug-likeness (QED) is 0.144. The smallest absolute Gasteiger partial charge is 0.264 e. The largest absolute Gasteiger partial charge is 0.484 e. The Kier molecular flexibility index (Phi) is 10.8. The first-order valence-electron chi connectivity index (χ1n) is 13.8. The molecule has 0 bridgehead atoms. The third-order valence-electron chi connectivity index (χ3n) is 6.54. The number of halogens is 1. The van der Waals surface area contributed by atoms with Crippen LogP contribution in [0, 0.1) is 6.92 Å². The van der Waals surface area contributed by atoms with Gasteiger partial charge in [0.1, 0.15) is 12.3 Å². The molecule has 0 saturated heterocycles. The van der Waals surface area contributed by atoms with Gasteiger partial charge in [-0.05, 0) is 84.6 Å². The maximum atomic E-state index is 13.6. The summed E-state index contributed by atoms with van der Waals surface area (Å²) in [6, 6.07) is 27.2. The number of carbonyl (C=O) groups excluding carboxylic acids is 2. The van der Waals surface area contributed by atoms with Gasteiger partial charge < -0.3 is 10.1 Å². The van der Waals surface area contributed by atoms with E-state index in [0.29, 0.717) is 27.7 Å². The molecule has 9 nitrogen and oxygen atoms in total. The summed E-state index contributed by atoms with van der Waals surface area (Å²) in [5.74, 6) is -0.251. The number of ether oxygens (including phenoxy) is 1. The van der Waals surface area contributed by atoms with E-state index >= 15 is 0 Å². The van der Waals surface area contributed by atoms with Crippen molar-refractivity contribution >= 4 is 51.0 Å². The van der Waals surface area contributed by atoms with E-state index in [0.717, 1.165) is 15.4 Å². The standard InChI is InChI=1S/C33H33ClN4O5S/c1-23(2)26-12-14-27(15-13-26)38(44(41,42)29-18-8-24(3)9-19-29)21-32(39)37-35-20-25-10-16-28(17-11-25)43-22-33(40)36-31-7-5-4-6-30(31)34/h4-20,23H,21-22H2,1-3H3,(H,36,40)(H,37,39)/b35-20-. The van der Waals surface area contributed by atoms with Crippen LogP contribution in [0.3, 0.4) is 0 Å². The van der Waals surface area contributed by atoms with Crippen molar-refractivity contribution in [3.05, 3.63) is 119 Å². The molecule has 0 heterocycles. The molecule has 0 unspecified atom stereocenters. The third-order valence-corrected chi connectivity index (χ3v) is 8.66. The molecule has 0 saturated carbocycles. The van der Waals surface area contributed by atoms with Crippen molar-refractivity contribution in [3.8, 4) is 5.75 Å². The van der Waals surface area contributed by atoms with Crippen LogP contribution in [0.2, 0.25) is 5.02 Å². The van der Waals surface area contributed by atoms with Gasteiger partial charge in [-0.1, -0.05) is 67.4 Å². The van der Waals surface area contributed by atoms with Crippen molar-refractivity contribution in [2.24, 2.45) is 5.10 Å². The van der Waals surface area contributed by atoms with Gasteiger partial charge in [-0.25, -0.2) is 13.8 Å². The Balaban J connectivity index is 1.37. The first kappa shape index (κ1) is 32.2. The molecule has 11 heteroatoms. The monoisotopic (exact) mass is 632 g/mol. The zero-order valence-electron chi connectivity index (χ0n) is 24.5. The molecule has 4 rings (SSSR count). The van der Waals surface area contributed by atoms with Gasteiger partial charge in [0.2, 0.25) is 0 Å². The Morgan fingerprint density at radius 3 is 2.20 bits per heavy atom. The van der Waals surface area contributed by atoms with Crippen molar-refractivity contribution in [2.75, 3.05) is 22.8 Å². The van der Waals surface area contributed by atoms with Crippen LogP contribution in [0.4, 0.5) is 11.4 Å². The highest BCUT2D eigenvalue weighted by molar-refractivity contribution is 7.92. The Labute approximate surface area is 262 Å². The van der Waals surface area contributed by atoms with Crippen LogP contribution in [0.15, 0.2) is 107 Å². The number of benzene rings is 4. The number of aryl methyl sites for hydroxylation is 1. The van der Waals surface area contributed by atoms with Crippen LogP contribution in [0.25, 0.3) is 0 Å². The predicted octanol–water partition coefficient (Wildman–Crippen LogP) is 6.13. The van der Waals surface area contributed by atoms with E-state index in [1.165, 1.54) is 18.3 Å². The number of sulfonamides is 1. The second-order valence-electron chi connectivity index (χ2n) is 10.2. The molecule has 0 aliphatic rings. The van der Waals surface area contributed by atoms with E-state index < -0.39 is 22.5 Å². The van der Waals surface area contributed by atoms with Crippen LogP contribution >= 0.6 is 11.6 Å². The summed E-state index contributed by atoms with van der Waals surface area (Å²) in [6.45, 7) is 5.27. The number of hydrogen-bond donors (Lipinski definition) is 2. The van der Waals surface area contributed by atoms with Crippen molar-refractivity contribution in [3.63, 3.8) is 0 Å². The summed E-state index contributed by atoms with van der Waals surface area (Å²) in [7, 11) is -4.04. The van der Waals surface area contributed by atoms with Crippen LogP contribution < -0.4 is 19.8 Å². The number of carbonyl (C=O) groups is 2. The van der Waals surface area contributed by atoms with Gasteiger partial charge in [-0.15, -0.1) is 0 Å². The molecular formula is C33H33ClN4O5S. The van der Waals surface area contributed by atoms with E-state index in [1.807, 2.05) is 32.9 Å². The number of rotatable bonds is 12. The fourth-order valence-corrected chi connectivity index (χ4v) is 5.67. The second kappa shape index (κ2) is 14.7. The van der Waals surface area contributed by atoms with Gasteiger partial charge in [0.05, 0.1) is 27.5 Å². The number of hydrogen-bond acceptors (Lipinski definition) is 6. The lowest BCUT2D eigenvalue weighted by Gasteiger charge is -2.24. The van der Waals surface area contributed by atoms with Gasteiger partial charge in [0.15, 0.2) is 6.61 Å². The lowest BCUT2D eigenvalue weighted by Crippen LogP contribution is -2.39. The Hall–Kier alpha value is -4.67. The highest BCUT2D eigenvalue weighted by Gasteiger charge is 2.27. The van der Waals surface area contributed by atoms with Crippen LogP contribution in [-0.4, -0.2) is 39.6 Å². The maximum Gasteiger partial charge on any atom is 0.264 e. The molecule has 44 heavy (non-hydrogen) atoms. The molecule has 228 valence electrons. The average molecular weight is 633 g/mol. The molecule has 2 N–H and O–H groups in total. The summed E-state index contributed by atoms with van der Waals surface area (Å²) in [6.07, 6.45) is 1.42. The number of amides is 2. The molecule has 0 aromatic heterocycles. The maximum absolute atomic E-state index is 13.6. The van der Waals surface area contributed by atoms with Gasteiger partial charge in [0.25, 0.3) is 21.8 Å². The fourth-order valence-electron chi connectivity index (χ4n) is 4.07. The van der Waals surface area contributed by atoms with E-state index in [2.05, 4.69) is 15.8 Å². The summed E-state index contributed by atoms with van der Waals surface area (Å²) >= 11 is 6.06. The number of nitrogens with one attached hydrogen (secondary N) is 2. The van der Waals surface area contributed by atoms with Gasteiger partial charge >= 0.3 is 0 Å². The fraction of sp³-hybridized carbons (Fsp3) is 0.182. The predicted molar refractivity (Wildman–Crippen MR) is 174 cm³/mol. The topological polar surface area (TPSA) is 117 Å². The van der Waals surface area contributed by atoms with Crippen molar-refractivity contribution in [1.82, 2.24) is 5.43 Å². The lowest BCUT2D eigenvalue weighted by atomic mass is 10.0. The minimum Gasteiger partial charge on any atom is -0.484 e. The summed E-state index contributed by atoms with van der Waals surface area (Å²) < 4.78 is 33.8. The van der Waals surface area contributed by atoms with Crippen molar-refractivity contribution < 1.29 is 22.7 Å². The van der Waals surface area contributed by atoms with E-state index in [1.54, 1.807) is 72.8 Å². The van der Waals surface area contributed by atoms with E-state index in [4.69, 9.17) is 16.3 Å². The normalized spacial score (nSPS) is 11.4. The molecule has 0 fully saturated rings. The summed E-state index contributed by atoms with van der Waals surface area (Å²) in [5.41, 5.74) is 5.88. The van der Waals surface area contributed by atoms with Crippen LogP contribution in [0.5, 0.6) is 5.75 Å². The molecule has 4 aromatic carbocycles. The lowest BCUT2D eigenvalue weighted by molar-refractivity contribution is -0.119.